The van der Waals surface area contributed by atoms with Crippen LogP contribution in [0, 0.1) is 23.5 Å². The molecule has 3 nitrogen and oxygen atoms in total. The number of rotatable bonds is 6. The number of hydrogen-bond acceptors (Lipinski definition) is 2. The van der Waals surface area contributed by atoms with Gasteiger partial charge in [-0.25, -0.2) is 8.78 Å². The molecule has 37 heavy (non-hydrogen) atoms. The van der Waals surface area contributed by atoms with Gasteiger partial charge in [0.15, 0.2) is 0 Å². The topological polar surface area (TPSA) is 32.3 Å². The molecule has 3 atom stereocenters. The minimum absolute atomic E-state index is 0.0765. The molecule has 1 heterocycles. The summed E-state index contributed by atoms with van der Waals surface area (Å²) >= 11 is 0. The van der Waals surface area contributed by atoms with Crippen LogP contribution in [-0.4, -0.2) is 29.9 Å². The molecule has 5 rings (SSSR count). The fraction of sp³-hybridized carbons (Fsp3) is 0.345. The first-order valence-electron chi connectivity index (χ1n) is 12.4. The Bertz CT molecular complexity index is 1200. The van der Waals surface area contributed by atoms with Gasteiger partial charge in [0.25, 0.3) is 0 Å². The van der Waals surface area contributed by atoms with Crippen LogP contribution in [0.15, 0.2) is 72.8 Å². The van der Waals surface area contributed by atoms with E-state index in [9.17, 15) is 26.7 Å². The molecule has 0 aromatic heterocycles. The zero-order valence-corrected chi connectivity index (χ0v) is 20.0. The van der Waals surface area contributed by atoms with Crippen molar-refractivity contribution in [3.05, 3.63) is 107 Å². The molecule has 3 aromatic carbocycles. The van der Waals surface area contributed by atoms with Gasteiger partial charge in [-0.05, 0) is 71.7 Å². The lowest BCUT2D eigenvalue weighted by Crippen LogP contribution is -2.42. The van der Waals surface area contributed by atoms with Gasteiger partial charge in [0.2, 0.25) is 5.91 Å². The van der Waals surface area contributed by atoms with E-state index in [1.165, 1.54) is 36.4 Å². The molecular formula is C29H27F5N2O. The molecule has 1 amide bonds. The number of nitrogens with one attached hydrogen (secondary N) is 1. The van der Waals surface area contributed by atoms with Crippen LogP contribution < -0.4 is 5.32 Å². The highest BCUT2D eigenvalue weighted by atomic mass is 19.4. The number of carbonyl (C=O) groups is 1. The summed E-state index contributed by atoms with van der Waals surface area (Å²) in [6.45, 7) is 1.88. The molecule has 3 aromatic rings. The number of fused-ring (bicyclic) bond motifs is 1. The van der Waals surface area contributed by atoms with Crippen molar-refractivity contribution < 1.29 is 26.7 Å². The minimum Gasteiger partial charge on any atom is -0.352 e. The number of alkyl halides is 3. The summed E-state index contributed by atoms with van der Waals surface area (Å²) in [6.07, 6.45) is -2.64. The van der Waals surface area contributed by atoms with Gasteiger partial charge in [0, 0.05) is 25.7 Å². The molecule has 2 fully saturated rings. The summed E-state index contributed by atoms with van der Waals surface area (Å²) < 4.78 is 66.4. The largest absolute Gasteiger partial charge is 0.416 e. The zero-order chi connectivity index (χ0) is 26.2. The van der Waals surface area contributed by atoms with Crippen molar-refractivity contribution in [2.75, 3.05) is 13.1 Å². The van der Waals surface area contributed by atoms with E-state index in [0.29, 0.717) is 35.7 Å². The molecule has 1 saturated heterocycles. The van der Waals surface area contributed by atoms with E-state index in [4.69, 9.17) is 0 Å². The first-order valence-corrected chi connectivity index (χ1v) is 12.4. The van der Waals surface area contributed by atoms with Crippen LogP contribution in [0.1, 0.15) is 41.0 Å². The third kappa shape index (κ3) is 5.69. The van der Waals surface area contributed by atoms with Crippen LogP contribution in [0.3, 0.4) is 0 Å². The lowest BCUT2D eigenvalue weighted by atomic mass is 9.89. The van der Waals surface area contributed by atoms with E-state index in [1.807, 2.05) is 0 Å². The van der Waals surface area contributed by atoms with Crippen molar-refractivity contribution in [1.29, 1.82) is 0 Å². The normalized spacial score (nSPS) is 21.8. The van der Waals surface area contributed by atoms with Crippen molar-refractivity contribution >= 4 is 5.91 Å². The highest BCUT2D eigenvalue weighted by Gasteiger charge is 2.43. The second-order valence-corrected chi connectivity index (χ2v) is 10.0. The lowest BCUT2D eigenvalue weighted by molar-refractivity contribution is -0.137. The maximum Gasteiger partial charge on any atom is 0.416 e. The zero-order valence-electron chi connectivity index (χ0n) is 20.0. The number of likely N-dealkylation sites (tertiary alicyclic amines) is 1. The standard InChI is InChI=1S/C29H27F5N2O/c30-23-9-4-19(5-10-23)27(20-6-11-24(31)12-7-20)28(37)35-26-13-8-21-16-36(17-25(21)26)15-18-2-1-3-22(14-18)29(32,33)34/h1-7,9-12,14,21,25-27H,8,13,15-17H2,(H,35,37)/t21-,25-,26-/m1/s1. The summed E-state index contributed by atoms with van der Waals surface area (Å²) in [5.74, 6) is -1.23. The highest BCUT2D eigenvalue weighted by Crippen LogP contribution is 2.39. The first kappa shape index (κ1) is 25.4. The lowest BCUT2D eigenvalue weighted by Gasteiger charge is -2.25. The van der Waals surface area contributed by atoms with Gasteiger partial charge in [-0.15, -0.1) is 0 Å². The van der Waals surface area contributed by atoms with Gasteiger partial charge < -0.3 is 5.32 Å². The maximum atomic E-state index is 13.5. The highest BCUT2D eigenvalue weighted by molar-refractivity contribution is 5.87. The van der Waals surface area contributed by atoms with Crippen molar-refractivity contribution in [2.45, 2.75) is 37.5 Å². The summed E-state index contributed by atoms with van der Waals surface area (Å²) in [6, 6.07) is 16.8. The minimum atomic E-state index is -4.38. The van der Waals surface area contributed by atoms with E-state index in [1.54, 1.807) is 30.3 Å². The Balaban J connectivity index is 1.29. The van der Waals surface area contributed by atoms with Gasteiger partial charge in [-0.1, -0.05) is 42.5 Å². The Morgan fingerprint density at radius 3 is 2.11 bits per heavy atom. The Hall–Kier alpha value is -3.26. The van der Waals surface area contributed by atoms with Crippen molar-refractivity contribution in [2.24, 2.45) is 11.8 Å². The predicted molar refractivity (Wildman–Crippen MR) is 130 cm³/mol. The number of halogens is 5. The molecule has 8 heteroatoms. The molecule has 1 saturated carbocycles. The third-order valence-corrected chi connectivity index (χ3v) is 7.59. The van der Waals surface area contributed by atoms with Gasteiger partial charge in [-0.2, -0.15) is 13.2 Å². The molecule has 0 radical (unpaired) electrons. The molecular weight excluding hydrogens is 487 g/mol. The Morgan fingerprint density at radius 2 is 1.51 bits per heavy atom. The predicted octanol–water partition coefficient (Wildman–Crippen LogP) is 6.14. The smallest absolute Gasteiger partial charge is 0.352 e. The molecule has 1 N–H and O–H groups in total. The Labute approximate surface area is 212 Å². The first-order chi connectivity index (χ1) is 17.7. The molecule has 0 bridgehead atoms. The molecule has 1 aliphatic carbocycles. The van der Waals surface area contributed by atoms with Crippen LogP contribution in [0.2, 0.25) is 0 Å². The maximum absolute atomic E-state index is 13.5. The summed E-state index contributed by atoms with van der Waals surface area (Å²) in [5.41, 5.74) is 1.18. The van der Waals surface area contributed by atoms with Gasteiger partial charge in [0.1, 0.15) is 11.6 Å². The summed E-state index contributed by atoms with van der Waals surface area (Å²) in [5, 5.41) is 3.19. The van der Waals surface area contributed by atoms with Gasteiger partial charge in [0.05, 0.1) is 11.5 Å². The fourth-order valence-electron chi connectivity index (χ4n) is 5.84. The SMILES string of the molecule is O=C(N[C@@H]1CC[C@@H]2CN(Cc3cccc(C(F)(F)F)c3)C[C@H]21)C(c1ccc(F)cc1)c1ccc(F)cc1. The Morgan fingerprint density at radius 1 is 0.892 bits per heavy atom. The summed E-state index contributed by atoms with van der Waals surface area (Å²) in [7, 11) is 0. The summed E-state index contributed by atoms with van der Waals surface area (Å²) in [4.78, 5) is 15.7. The van der Waals surface area contributed by atoms with E-state index in [0.717, 1.165) is 25.5 Å². The van der Waals surface area contributed by atoms with Crippen molar-refractivity contribution in [3.63, 3.8) is 0 Å². The van der Waals surface area contributed by atoms with Crippen LogP contribution >= 0.6 is 0 Å². The van der Waals surface area contributed by atoms with Crippen molar-refractivity contribution in [3.8, 4) is 0 Å². The van der Waals surface area contributed by atoms with Crippen molar-refractivity contribution in [1.82, 2.24) is 10.2 Å². The fourth-order valence-corrected chi connectivity index (χ4v) is 5.84. The van der Waals surface area contributed by atoms with Crippen LogP contribution in [0.4, 0.5) is 22.0 Å². The number of benzene rings is 3. The second-order valence-electron chi connectivity index (χ2n) is 10.0. The Kier molecular flexibility index (Phi) is 7.03. The number of carbonyl (C=O) groups excluding carboxylic acids is 1. The third-order valence-electron chi connectivity index (χ3n) is 7.59. The van der Waals surface area contributed by atoms with Crippen LogP contribution in [0.5, 0.6) is 0 Å². The molecule has 0 spiro atoms. The van der Waals surface area contributed by atoms with E-state index < -0.39 is 29.3 Å². The van der Waals surface area contributed by atoms with Crippen LogP contribution in [0.25, 0.3) is 0 Å². The van der Waals surface area contributed by atoms with E-state index in [-0.39, 0.29) is 17.9 Å². The monoisotopic (exact) mass is 514 g/mol. The quantitative estimate of drug-likeness (QED) is 0.401. The van der Waals surface area contributed by atoms with E-state index in [2.05, 4.69) is 10.2 Å². The second kappa shape index (κ2) is 10.2. The number of amides is 1. The average Bonchev–Trinajstić information content (AvgIpc) is 3.42. The van der Waals surface area contributed by atoms with Gasteiger partial charge in [-0.3, -0.25) is 9.69 Å². The van der Waals surface area contributed by atoms with Crippen LogP contribution in [-0.2, 0) is 17.5 Å². The average molecular weight is 515 g/mol. The molecule has 0 unspecified atom stereocenters. The number of hydrogen-bond donors (Lipinski definition) is 1. The molecule has 1 aliphatic heterocycles. The molecule has 2 aliphatic rings. The number of nitrogens with zero attached hydrogens (tertiary/aromatic N) is 1. The molecule has 194 valence electrons. The van der Waals surface area contributed by atoms with E-state index >= 15 is 0 Å². The van der Waals surface area contributed by atoms with Gasteiger partial charge >= 0.3 is 6.18 Å².